The van der Waals surface area contributed by atoms with Crippen molar-refractivity contribution in [2.24, 2.45) is 17.2 Å². The van der Waals surface area contributed by atoms with Crippen LogP contribution in [0.15, 0.2) is 54.7 Å². The van der Waals surface area contributed by atoms with Gasteiger partial charge in [0.1, 0.15) is 23.9 Å². The van der Waals surface area contributed by atoms with Crippen LogP contribution in [0.25, 0.3) is 10.9 Å². The van der Waals surface area contributed by atoms with Crippen molar-refractivity contribution in [3.8, 4) is 5.75 Å². The van der Waals surface area contributed by atoms with Crippen molar-refractivity contribution in [3.05, 3.63) is 65.9 Å². The van der Waals surface area contributed by atoms with Gasteiger partial charge in [0, 0.05) is 23.5 Å². The van der Waals surface area contributed by atoms with Crippen LogP contribution in [0.4, 0.5) is 0 Å². The maximum atomic E-state index is 10.6. The molecule has 3 rings (SSSR count). The Labute approximate surface area is 195 Å². The molecular formula is C23H30N4O7. The Hall–Kier alpha value is -3.93. The average molecular weight is 475 g/mol. The highest BCUT2D eigenvalue weighted by Crippen LogP contribution is 2.18. The largest absolute Gasteiger partial charge is 0.508 e. The Morgan fingerprint density at radius 3 is 1.82 bits per heavy atom. The zero-order chi connectivity index (χ0) is 25.8. The summed E-state index contributed by atoms with van der Waals surface area (Å²) >= 11 is 0. The molecule has 0 saturated heterocycles. The van der Waals surface area contributed by atoms with Crippen molar-refractivity contribution in [1.29, 1.82) is 0 Å². The van der Waals surface area contributed by atoms with Crippen LogP contribution in [0.3, 0.4) is 0 Å². The van der Waals surface area contributed by atoms with Crippen LogP contribution in [-0.4, -0.2) is 61.4 Å². The van der Waals surface area contributed by atoms with Gasteiger partial charge in [-0.2, -0.15) is 0 Å². The SMILES string of the molecule is CC(N)C(=O)O.NC(Cc1ccc(O)cc1)C(=O)O.N[C@@H](Cc1c[nH]c2ccccc12)C(=O)O. The van der Waals surface area contributed by atoms with Gasteiger partial charge in [0.05, 0.1) is 0 Å². The molecule has 2 unspecified atom stereocenters. The summed E-state index contributed by atoms with van der Waals surface area (Å²) in [4.78, 5) is 33.7. The molecule has 11 N–H and O–H groups in total. The maximum Gasteiger partial charge on any atom is 0.320 e. The molecule has 0 radical (unpaired) electrons. The minimum atomic E-state index is -1.02. The van der Waals surface area contributed by atoms with Crippen molar-refractivity contribution >= 4 is 28.8 Å². The van der Waals surface area contributed by atoms with Crippen LogP contribution in [0.2, 0.25) is 0 Å². The molecule has 184 valence electrons. The van der Waals surface area contributed by atoms with E-state index in [1.54, 1.807) is 12.1 Å². The summed E-state index contributed by atoms with van der Waals surface area (Å²) in [6.07, 6.45) is 2.43. The third-order valence-electron chi connectivity index (χ3n) is 4.53. The normalized spacial score (nSPS) is 12.8. The van der Waals surface area contributed by atoms with Crippen LogP contribution >= 0.6 is 0 Å². The maximum absolute atomic E-state index is 10.6. The average Bonchev–Trinajstić information content (AvgIpc) is 3.19. The molecule has 3 atom stereocenters. The lowest BCUT2D eigenvalue weighted by molar-refractivity contribution is -0.139. The lowest BCUT2D eigenvalue weighted by Gasteiger charge is -2.05. The second-order valence-corrected chi connectivity index (χ2v) is 7.45. The summed E-state index contributed by atoms with van der Waals surface area (Å²) in [7, 11) is 0. The van der Waals surface area contributed by atoms with Crippen LogP contribution in [-0.2, 0) is 27.2 Å². The fourth-order valence-corrected chi connectivity index (χ4v) is 2.60. The molecule has 1 heterocycles. The molecule has 0 aliphatic carbocycles. The van der Waals surface area contributed by atoms with Gasteiger partial charge >= 0.3 is 17.9 Å². The number of hydrogen-bond donors (Lipinski definition) is 8. The predicted octanol–water partition coefficient (Wildman–Crippen LogP) is 0.887. The Morgan fingerprint density at radius 1 is 0.824 bits per heavy atom. The van der Waals surface area contributed by atoms with E-state index in [2.05, 4.69) is 4.98 Å². The number of aromatic hydroxyl groups is 1. The van der Waals surface area contributed by atoms with E-state index in [1.807, 2.05) is 30.5 Å². The molecule has 1 aromatic heterocycles. The fourth-order valence-electron chi connectivity index (χ4n) is 2.60. The number of nitrogens with one attached hydrogen (secondary N) is 1. The summed E-state index contributed by atoms with van der Waals surface area (Å²) in [5.74, 6) is -2.80. The first-order valence-electron chi connectivity index (χ1n) is 10.2. The van der Waals surface area contributed by atoms with Crippen LogP contribution in [0.1, 0.15) is 18.1 Å². The highest BCUT2D eigenvalue weighted by Gasteiger charge is 2.14. The van der Waals surface area contributed by atoms with E-state index in [0.29, 0.717) is 6.42 Å². The van der Waals surface area contributed by atoms with Gasteiger partial charge in [-0.1, -0.05) is 30.3 Å². The lowest BCUT2D eigenvalue weighted by Crippen LogP contribution is -2.32. The second kappa shape index (κ2) is 13.6. The number of phenols is 1. The minimum absolute atomic E-state index is 0.160. The third kappa shape index (κ3) is 9.69. The number of H-pyrrole nitrogens is 1. The topological polar surface area (TPSA) is 226 Å². The van der Waals surface area contributed by atoms with E-state index in [9.17, 15) is 14.4 Å². The summed E-state index contributed by atoms with van der Waals surface area (Å²) in [5, 5.41) is 35.1. The lowest BCUT2D eigenvalue weighted by atomic mass is 10.1. The zero-order valence-electron chi connectivity index (χ0n) is 18.6. The van der Waals surface area contributed by atoms with Crippen LogP contribution < -0.4 is 17.2 Å². The number of aromatic nitrogens is 1. The molecule has 0 aliphatic rings. The van der Waals surface area contributed by atoms with Gasteiger partial charge in [0.15, 0.2) is 0 Å². The number of para-hydroxylation sites is 1. The molecule has 0 saturated carbocycles. The fraction of sp³-hybridized carbons (Fsp3) is 0.261. The van der Waals surface area contributed by atoms with Crippen molar-refractivity contribution < 1.29 is 34.8 Å². The Kier molecular flexibility index (Phi) is 11.2. The first kappa shape index (κ1) is 28.1. The number of aliphatic carboxylic acids is 3. The molecule has 0 aliphatic heterocycles. The molecule has 11 nitrogen and oxygen atoms in total. The summed E-state index contributed by atoms with van der Waals surface area (Å²) in [5.41, 5.74) is 18.4. The van der Waals surface area contributed by atoms with Crippen molar-refractivity contribution in [3.63, 3.8) is 0 Å². The van der Waals surface area contributed by atoms with Crippen molar-refractivity contribution in [1.82, 2.24) is 4.98 Å². The smallest absolute Gasteiger partial charge is 0.320 e. The van der Waals surface area contributed by atoms with E-state index < -0.39 is 36.0 Å². The van der Waals surface area contributed by atoms with Gasteiger partial charge in [0.25, 0.3) is 0 Å². The highest BCUT2D eigenvalue weighted by atomic mass is 16.4. The van der Waals surface area contributed by atoms with Gasteiger partial charge in [-0.25, -0.2) is 0 Å². The zero-order valence-corrected chi connectivity index (χ0v) is 18.6. The quantitative estimate of drug-likeness (QED) is 0.241. The number of carboxylic acid groups (broad SMARTS) is 3. The van der Waals surface area contributed by atoms with E-state index in [1.165, 1.54) is 19.1 Å². The molecule has 0 bridgehead atoms. The van der Waals surface area contributed by atoms with Crippen LogP contribution in [0.5, 0.6) is 5.75 Å². The van der Waals surface area contributed by atoms with E-state index in [-0.39, 0.29) is 12.2 Å². The van der Waals surface area contributed by atoms with Gasteiger partial charge in [-0.05, 0) is 42.7 Å². The Bertz CT molecular complexity index is 1080. The number of benzene rings is 2. The first-order valence-corrected chi connectivity index (χ1v) is 10.2. The highest BCUT2D eigenvalue weighted by molar-refractivity contribution is 5.84. The Balaban J connectivity index is 0.000000279. The molecule has 3 aromatic rings. The number of aromatic amines is 1. The first-order chi connectivity index (χ1) is 15.9. The van der Waals surface area contributed by atoms with Crippen LogP contribution in [0, 0.1) is 0 Å². The molecule has 11 heteroatoms. The Morgan fingerprint density at radius 2 is 1.32 bits per heavy atom. The molecule has 0 fully saturated rings. The predicted molar refractivity (Wildman–Crippen MR) is 126 cm³/mol. The molecule has 34 heavy (non-hydrogen) atoms. The second-order valence-electron chi connectivity index (χ2n) is 7.45. The summed E-state index contributed by atoms with van der Waals surface area (Å²) in [6, 6.07) is 11.6. The third-order valence-corrected chi connectivity index (χ3v) is 4.53. The number of carboxylic acids is 3. The minimum Gasteiger partial charge on any atom is -0.508 e. The number of nitrogens with two attached hydrogens (primary N) is 3. The molecular weight excluding hydrogens is 444 g/mol. The van der Waals surface area contributed by atoms with E-state index in [0.717, 1.165) is 22.0 Å². The summed E-state index contributed by atoms with van der Waals surface area (Å²) in [6.45, 7) is 1.42. The van der Waals surface area contributed by atoms with E-state index in [4.69, 9.17) is 37.6 Å². The van der Waals surface area contributed by atoms with Crippen molar-refractivity contribution in [2.75, 3.05) is 0 Å². The number of rotatable bonds is 7. The number of fused-ring (bicyclic) bond motifs is 1. The standard InChI is InChI=1S/C11H12N2O2.C9H11NO3.C3H7NO2/c12-9(11(14)15)5-7-6-13-10-4-2-1-3-8(7)10;10-8(9(12)13)5-6-1-3-7(11)4-2-6;1-2(4)3(5)6/h1-4,6,9,13H,5,12H2,(H,14,15);1-4,8,11H,5,10H2,(H,12,13);2H,4H2,1H3,(H,5,6)/t9-;;/m0../s1. The monoisotopic (exact) mass is 474 g/mol. The number of phenolic OH excluding ortho intramolecular Hbond substituents is 1. The molecule has 0 amide bonds. The van der Waals surface area contributed by atoms with E-state index >= 15 is 0 Å². The molecule has 2 aromatic carbocycles. The van der Waals surface area contributed by atoms with Gasteiger partial charge < -0.3 is 42.6 Å². The van der Waals surface area contributed by atoms with Gasteiger partial charge in [0.2, 0.25) is 0 Å². The number of carbonyl (C=O) groups is 3. The number of hydrogen-bond acceptors (Lipinski definition) is 7. The van der Waals surface area contributed by atoms with Gasteiger partial charge in [-0.15, -0.1) is 0 Å². The molecule has 0 spiro atoms. The van der Waals surface area contributed by atoms with Gasteiger partial charge in [-0.3, -0.25) is 14.4 Å². The summed E-state index contributed by atoms with van der Waals surface area (Å²) < 4.78 is 0. The van der Waals surface area contributed by atoms with Crippen molar-refractivity contribution in [2.45, 2.75) is 37.9 Å².